The highest BCUT2D eigenvalue weighted by Gasteiger charge is 2.63. The average Bonchev–Trinajstić information content (AvgIpc) is 3.54. The number of aliphatic hydroxyl groups is 10. The van der Waals surface area contributed by atoms with Crippen molar-refractivity contribution in [2.75, 3.05) is 19.8 Å². The minimum Gasteiger partial charge on any atom is -0.396 e. The van der Waals surface area contributed by atoms with Crippen molar-refractivity contribution in [1.29, 1.82) is 0 Å². The molecule has 0 aromatic rings. The van der Waals surface area contributed by atoms with Gasteiger partial charge in [-0.3, -0.25) is 9.59 Å². The third-order valence-electron chi connectivity index (χ3n) is 16.6. The summed E-state index contributed by atoms with van der Waals surface area (Å²) in [6.07, 6.45) is -15.0. The number of ether oxygens (including phenoxy) is 6. The molecule has 0 spiro atoms. The van der Waals surface area contributed by atoms with E-state index in [1.165, 1.54) is 19.4 Å². The average molecular weight is 901 g/mol. The van der Waals surface area contributed by atoms with Crippen LogP contribution in [-0.2, 0) is 38.0 Å². The number of fused-ring (bicyclic) bond motifs is 5. The molecule has 0 bridgehead atoms. The topological polar surface area (TPSA) is 292 Å². The van der Waals surface area contributed by atoms with Gasteiger partial charge in [0, 0.05) is 43.8 Å². The van der Waals surface area contributed by atoms with Gasteiger partial charge in [-0.2, -0.15) is 0 Å². The van der Waals surface area contributed by atoms with Crippen molar-refractivity contribution in [1.82, 2.24) is 0 Å². The highest BCUT2D eigenvalue weighted by Crippen LogP contribution is 2.66. The summed E-state index contributed by atoms with van der Waals surface area (Å²) in [6, 6.07) is 0. The molecule has 360 valence electrons. The maximum absolute atomic E-state index is 13.9. The lowest BCUT2D eigenvalue weighted by atomic mass is 9.47. The second-order valence-corrected chi connectivity index (χ2v) is 20.3. The minimum atomic E-state index is -1.75. The van der Waals surface area contributed by atoms with Crippen LogP contribution < -0.4 is 0 Å². The van der Waals surface area contributed by atoms with Crippen LogP contribution in [0.25, 0.3) is 0 Å². The van der Waals surface area contributed by atoms with E-state index in [2.05, 4.69) is 19.9 Å². The van der Waals surface area contributed by atoms with Gasteiger partial charge in [0.1, 0.15) is 72.6 Å². The van der Waals surface area contributed by atoms with Crippen molar-refractivity contribution in [2.45, 2.75) is 191 Å². The second-order valence-electron chi connectivity index (χ2n) is 20.3. The van der Waals surface area contributed by atoms with Crippen LogP contribution in [0.4, 0.5) is 0 Å². The Bertz CT molecular complexity index is 1630. The van der Waals surface area contributed by atoms with Gasteiger partial charge in [0.15, 0.2) is 18.9 Å². The molecule has 3 aliphatic heterocycles. The molecule has 18 heteroatoms. The van der Waals surface area contributed by atoms with Crippen LogP contribution in [-0.4, -0.2) is 181 Å². The first-order valence-electron chi connectivity index (χ1n) is 23.1. The van der Waals surface area contributed by atoms with Gasteiger partial charge in [-0.25, -0.2) is 0 Å². The van der Waals surface area contributed by atoms with Crippen molar-refractivity contribution in [2.24, 2.45) is 46.3 Å². The van der Waals surface area contributed by atoms with E-state index >= 15 is 0 Å². The van der Waals surface area contributed by atoms with Gasteiger partial charge in [0.25, 0.3) is 0 Å². The van der Waals surface area contributed by atoms with E-state index in [0.717, 1.165) is 25.7 Å². The lowest BCUT2D eigenvalue weighted by Gasteiger charge is -2.58. The predicted molar refractivity (Wildman–Crippen MR) is 218 cm³/mol. The Balaban J connectivity index is 1.07. The van der Waals surface area contributed by atoms with Crippen molar-refractivity contribution in [3.05, 3.63) is 11.6 Å². The molecule has 0 aromatic carbocycles. The van der Waals surface area contributed by atoms with Crippen molar-refractivity contribution < 1.29 is 89.1 Å². The zero-order chi connectivity index (χ0) is 45.9. The molecule has 0 radical (unpaired) electrons. The predicted octanol–water partition coefficient (Wildman–Crippen LogP) is -0.781. The summed E-state index contributed by atoms with van der Waals surface area (Å²) in [4.78, 5) is 27.3. The number of hydrogen-bond acceptors (Lipinski definition) is 18. The van der Waals surface area contributed by atoms with Crippen LogP contribution in [0, 0.1) is 46.3 Å². The lowest BCUT2D eigenvalue weighted by molar-refractivity contribution is -0.388. The molecule has 0 unspecified atom stereocenters. The molecule has 3 saturated heterocycles. The Morgan fingerprint density at radius 3 is 1.94 bits per heavy atom. The summed E-state index contributed by atoms with van der Waals surface area (Å²) in [5.41, 5.74) is 0.679. The Kier molecular flexibility index (Phi) is 15.3. The van der Waals surface area contributed by atoms with Crippen LogP contribution in [0.15, 0.2) is 11.6 Å². The van der Waals surface area contributed by atoms with Gasteiger partial charge in [-0.15, -0.1) is 0 Å². The zero-order valence-electron chi connectivity index (χ0n) is 37.0. The van der Waals surface area contributed by atoms with Crippen molar-refractivity contribution in [3.63, 3.8) is 0 Å². The van der Waals surface area contributed by atoms with E-state index in [0.29, 0.717) is 25.7 Å². The Hall–Kier alpha value is -1.56. The Morgan fingerprint density at radius 1 is 0.746 bits per heavy atom. The molecular weight excluding hydrogens is 828 g/mol. The maximum Gasteiger partial charge on any atom is 0.187 e. The van der Waals surface area contributed by atoms with E-state index in [9.17, 15) is 60.7 Å². The molecule has 6 fully saturated rings. The van der Waals surface area contributed by atoms with E-state index in [1.54, 1.807) is 0 Å². The fourth-order valence-electron chi connectivity index (χ4n) is 12.6. The van der Waals surface area contributed by atoms with Crippen molar-refractivity contribution >= 4 is 11.6 Å². The molecule has 18 nitrogen and oxygen atoms in total. The first-order chi connectivity index (χ1) is 29.8. The molecule has 0 amide bonds. The fraction of sp³-hybridized carbons (Fsp3) is 0.911. The number of rotatable bonds is 14. The molecule has 3 heterocycles. The molecule has 7 aliphatic rings. The van der Waals surface area contributed by atoms with Gasteiger partial charge < -0.3 is 79.5 Å². The monoisotopic (exact) mass is 900 g/mol. The fourth-order valence-corrected chi connectivity index (χ4v) is 12.6. The molecule has 7 rings (SSSR count). The van der Waals surface area contributed by atoms with Gasteiger partial charge in [0.05, 0.1) is 24.9 Å². The summed E-state index contributed by atoms with van der Waals surface area (Å²) in [5.74, 6) is -0.406. The first kappa shape index (κ1) is 49.3. The number of ketones is 2. The Morgan fingerprint density at radius 2 is 1.35 bits per heavy atom. The number of carbonyl (C=O) groups excluding carboxylic acids is 2. The molecule has 3 saturated carbocycles. The van der Waals surface area contributed by atoms with Crippen LogP contribution in [0.5, 0.6) is 0 Å². The highest BCUT2D eigenvalue weighted by atomic mass is 16.8. The third-order valence-corrected chi connectivity index (χ3v) is 16.6. The number of Topliss-reactive ketones (excluding diaryl/α,β-unsaturated/α-hetero) is 2. The number of hydrogen-bond donors (Lipinski definition) is 10. The molecule has 0 aromatic heterocycles. The first-order valence-corrected chi connectivity index (χ1v) is 23.1. The van der Waals surface area contributed by atoms with E-state index in [-0.39, 0.29) is 71.6 Å². The third kappa shape index (κ3) is 9.12. The SMILES string of the molecule is C[C@@H]1O[C@@H](O[C@H]2[C@H](O[C@H]3CC[C@@]4(C)C(=CC[C@H]5[C@@H]6CC(=O)[C@H]([C@H](C)C(=O)CCC(CO)CO)[C@@]6(C)CC[C@@H]54)C3)O[C@H](CO)[C@@H](O[C@@H]3O[C@@H](C)[C@H](O)[C@@H](O)[C@H]3O)[C@@H]2O)[C@H](O)[C@H](O)[C@H]1O. The molecule has 4 aliphatic carbocycles. The summed E-state index contributed by atoms with van der Waals surface area (Å²) in [5, 5.41) is 105. The van der Waals surface area contributed by atoms with Gasteiger partial charge in [0.2, 0.25) is 0 Å². The van der Waals surface area contributed by atoms with Crippen LogP contribution >= 0.6 is 0 Å². The largest absolute Gasteiger partial charge is 0.396 e. The number of carbonyl (C=O) groups is 2. The lowest BCUT2D eigenvalue weighted by Crippen LogP contribution is -2.66. The molecule has 10 N–H and O–H groups in total. The summed E-state index contributed by atoms with van der Waals surface area (Å²) in [6.45, 7) is 8.19. The standard InChI is InChI=1S/C45H72O18/c1-19(28(49)9-6-22(16-46)17-47)31-29(50)15-27-25-8-7-23-14-24(10-12-44(23,4)26(25)11-13-45(27,31)5)60-43-40(63-42-37(56)35(54)33(52)21(3)59-42)38(57)39(30(18-48)61-43)62-41-36(55)34(53)32(51)20(2)58-41/h7,19-22,24-27,30-43,46-48,51-57H,6,8-18H2,1-5H3/t19-,20+,21+,24+,25-,26+,27+,30-,31+,32+,33+,34-,35-,36-,37-,38+,39-,40-,41+,42+,43-,44+,45+/m1/s1. The summed E-state index contributed by atoms with van der Waals surface area (Å²) in [7, 11) is 0. The molecule has 63 heavy (non-hydrogen) atoms. The van der Waals surface area contributed by atoms with Gasteiger partial charge >= 0.3 is 0 Å². The second kappa shape index (κ2) is 19.6. The number of allylic oxidation sites excluding steroid dienone is 1. The highest BCUT2D eigenvalue weighted by molar-refractivity contribution is 5.92. The van der Waals surface area contributed by atoms with Crippen LogP contribution in [0.3, 0.4) is 0 Å². The van der Waals surface area contributed by atoms with Crippen molar-refractivity contribution in [3.8, 4) is 0 Å². The number of aliphatic hydroxyl groups excluding tert-OH is 10. The summed E-state index contributed by atoms with van der Waals surface area (Å²) < 4.78 is 36.3. The normalized spacial score (nSPS) is 49.5. The minimum absolute atomic E-state index is 0.00328. The zero-order valence-corrected chi connectivity index (χ0v) is 37.0. The maximum atomic E-state index is 13.9. The van der Waals surface area contributed by atoms with E-state index in [1.807, 2.05) is 6.92 Å². The molecule has 23 atom stereocenters. The van der Waals surface area contributed by atoms with Gasteiger partial charge in [-0.1, -0.05) is 32.4 Å². The van der Waals surface area contributed by atoms with E-state index in [4.69, 9.17) is 28.4 Å². The van der Waals surface area contributed by atoms with E-state index < -0.39 is 111 Å². The Labute approximate surface area is 368 Å². The van der Waals surface area contributed by atoms with Crippen LogP contribution in [0.2, 0.25) is 0 Å². The van der Waals surface area contributed by atoms with Gasteiger partial charge in [-0.05, 0) is 87.4 Å². The smallest absolute Gasteiger partial charge is 0.187 e. The summed E-state index contributed by atoms with van der Waals surface area (Å²) >= 11 is 0. The molecular formula is C45H72O18. The van der Waals surface area contributed by atoms with Crippen LogP contribution in [0.1, 0.15) is 92.4 Å². The quantitative estimate of drug-likeness (QED) is 0.0957.